The van der Waals surface area contributed by atoms with Gasteiger partial charge in [0.25, 0.3) is 0 Å². The minimum atomic E-state index is 0.0658. The van der Waals surface area contributed by atoms with Gasteiger partial charge in [-0.25, -0.2) is 0 Å². The van der Waals surface area contributed by atoms with E-state index in [1.54, 1.807) is 0 Å². The van der Waals surface area contributed by atoms with Gasteiger partial charge in [0.1, 0.15) is 0 Å². The van der Waals surface area contributed by atoms with Crippen LogP contribution in [0.25, 0.3) is 109 Å². The van der Waals surface area contributed by atoms with Gasteiger partial charge in [-0.1, -0.05) is 160 Å². The number of fused-ring (bicyclic) bond motifs is 8. The summed E-state index contributed by atoms with van der Waals surface area (Å²) in [4.78, 5) is 0. The molecule has 0 amide bonds. The molecule has 0 aliphatic rings. The van der Waals surface area contributed by atoms with E-state index in [-0.39, 0.29) is 5.41 Å². The van der Waals surface area contributed by atoms with Gasteiger partial charge >= 0.3 is 0 Å². The molecule has 0 heteroatoms. The van der Waals surface area contributed by atoms with E-state index in [0.29, 0.717) is 0 Å². The highest BCUT2D eigenvalue weighted by atomic mass is 14.3. The fourth-order valence-corrected chi connectivity index (χ4v) is 9.98. The summed E-state index contributed by atoms with van der Waals surface area (Å²) in [5.41, 5.74) is 11.9. The fourth-order valence-electron chi connectivity index (χ4n) is 9.98. The van der Waals surface area contributed by atoms with Crippen molar-refractivity contribution in [2.24, 2.45) is 0 Å². The minimum absolute atomic E-state index is 0.0658. The molecule has 0 radical (unpaired) electrons. The van der Waals surface area contributed by atoms with Crippen LogP contribution >= 0.6 is 0 Å². The van der Waals surface area contributed by atoms with Crippen molar-refractivity contribution >= 4 is 75.4 Å². The Bertz CT molecular complexity index is 3260. The summed E-state index contributed by atoms with van der Waals surface area (Å²) in [7, 11) is 0. The third-order valence-corrected chi connectivity index (χ3v) is 12.4. The summed E-state index contributed by atoms with van der Waals surface area (Å²) < 4.78 is 0. The average Bonchev–Trinajstić information content (AvgIpc) is 3.69. The van der Waals surface area contributed by atoms with Crippen LogP contribution < -0.4 is 0 Å². The Labute approximate surface area is 316 Å². The molecule has 11 aromatic carbocycles. The van der Waals surface area contributed by atoms with Gasteiger partial charge in [-0.05, 0) is 157 Å². The Kier molecular flexibility index (Phi) is 6.46. The molecule has 256 valence electrons. The maximum Gasteiger partial charge on any atom is -0.000719 e. The van der Waals surface area contributed by atoms with Crippen LogP contribution in [0, 0.1) is 13.8 Å². The van der Waals surface area contributed by atoms with E-state index in [4.69, 9.17) is 0 Å². The topological polar surface area (TPSA) is 0 Å². The van der Waals surface area contributed by atoms with Crippen molar-refractivity contribution in [3.05, 3.63) is 168 Å². The molecule has 11 aromatic rings. The lowest BCUT2D eigenvalue weighted by Crippen LogP contribution is -2.10. The second-order valence-corrected chi connectivity index (χ2v) is 16.5. The molecular weight excluding hydrogens is 649 g/mol. The predicted molar refractivity (Wildman–Crippen MR) is 236 cm³/mol. The number of benzene rings is 9. The van der Waals surface area contributed by atoms with Gasteiger partial charge in [0, 0.05) is 0 Å². The smallest absolute Gasteiger partial charge is 0.000719 e. The van der Waals surface area contributed by atoms with Crippen molar-refractivity contribution in [1.29, 1.82) is 0 Å². The molecule has 54 heavy (non-hydrogen) atoms. The Hall–Kier alpha value is -6.24. The second kappa shape index (κ2) is 11.1. The van der Waals surface area contributed by atoms with Crippen LogP contribution in [-0.2, 0) is 5.41 Å². The molecular formula is C54H40. The molecule has 0 N–H and O–H groups in total. The van der Waals surface area contributed by atoms with Gasteiger partial charge in [-0.2, -0.15) is 0 Å². The van der Waals surface area contributed by atoms with Gasteiger partial charge < -0.3 is 0 Å². The van der Waals surface area contributed by atoms with Crippen molar-refractivity contribution in [3.63, 3.8) is 0 Å². The number of hydrogen-bond acceptors (Lipinski definition) is 0. The molecule has 11 rings (SSSR count). The van der Waals surface area contributed by atoms with Crippen LogP contribution in [0.1, 0.15) is 37.5 Å². The minimum Gasteiger partial charge on any atom is -0.0622 e. The molecule has 0 nitrogen and oxygen atoms in total. The maximum atomic E-state index is 2.55. The van der Waals surface area contributed by atoms with E-state index in [1.807, 2.05) is 0 Å². The summed E-state index contributed by atoms with van der Waals surface area (Å²) in [5.74, 6) is 0. The van der Waals surface area contributed by atoms with E-state index in [9.17, 15) is 0 Å². The average molecular weight is 689 g/mol. The molecule has 0 fully saturated rings. The first-order valence-corrected chi connectivity index (χ1v) is 19.3. The van der Waals surface area contributed by atoms with E-state index in [2.05, 4.69) is 186 Å². The highest BCUT2D eigenvalue weighted by molar-refractivity contribution is 6.45. The first-order chi connectivity index (χ1) is 26.3. The zero-order valence-electron chi connectivity index (χ0n) is 31.4. The first kappa shape index (κ1) is 31.3. The lowest BCUT2D eigenvalue weighted by molar-refractivity contribution is 0.591. The van der Waals surface area contributed by atoms with Crippen LogP contribution in [0.5, 0.6) is 0 Å². The van der Waals surface area contributed by atoms with Gasteiger partial charge in [0.05, 0.1) is 0 Å². The summed E-state index contributed by atoms with van der Waals surface area (Å²) in [6.45, 7) is 11.4. The van der Waals surface area contributed by atoms with Gasteiger partial charge in [-0.3, -0.25) is 0 Å². The monoisotopic (exact) mass is 688 g/mol. The van der Waals surface area contributed by atoms with Crippen LogP contribution in [0.3, 0.4) is 0 Å². The fraction of sp³-hybridized carbons (Fsp3) is 0.111. The molecule has 0 heterocycles. The standard InChI is InChI=1S/C54H40/c1-31-15-12-16-32(2)46(31)39-27-28-42-49-37(39)21-13-24-41(49)52-47(33-17-8-6-9-18-33)45-30-44-36-26-25-35(54(3,4)5)29-43(36)38-22-14-23-40(50(38)44)51(45)48(53(42)52)34-19-10-7-11-20-34/h6-30H,1-5H3. The quantitative estimate of drug-likeness (QED) is 0.162. The molecule has 0 bridgehead atoms. The molecule has 0 saturated carbocycles. The molecule has 0 aliphatic heterocycles. The largest absolute Gasteiger partial charge is 0.0622 e. The van der Waals surface area contributed by atoms with Crippen LogP contribution in [-0.4, -0.2) is 0 Å². The summed E-state index contributed by atoms with van der Waals surface area (Å²) in [5, 5.41) is 18.7. The zero-order chi connectivity index (χ0) is 36.5. The van der Waals surface area contributed by atoms with Gasteiger partial charge in [-0.15, -0.1) is 0 Å². The summed E-state index contributed by atoms with van der Waals surface area (Å²) in [6.07, 6.45) is 0. The molecule has 0 unspecified atom stereocenters. The Morgan fingerprint density at radius 1 is 0.315 bits per heavy atom. The first-order valence-electron chi connectivity index (χ1n) is 19.3. The highest BCUT2D eigenvalue weighted by Crippen LogP contribution is 2.55. The third-order valence-electron chi connectivity index (χ3n) is 12.4. The molecule has 0 spiro atoms. The maximum absolute atomic E-state index is 2.55. The van der Waals surface area contributed by atoms with Gasteiger partial charge in [0.2, 0.25) is 0 Å². The molecule has 0 aromatic heterocycles. The van der Waals surface area contributed by atoms with Crippen molar-refractivity contribution in [2.45, 2.75) is 40.0 Å². The van der Waals surface area contributed by atoms with Crippen molar-refractivity contribution in [2.75, 3.05) is 0 Å². The number of hydrogen-bond donors (Lipinski definition) is 0. The van der Waals surface area contributed by atoms with Crippen LogP contribution in [0.2, 0.25) is 0 Å². The molecule has 0 aliphatic carbocycles. The van der Waals surface area contributed by atoms with Crippen LogP contribution in [0.4, 0.5) is 0 Å². The Morgan fingerprint density at radius 3 is 1.54 bits per heavy atom. The number of rotatable bonds is 3. The van der Waals surface area contributed by atoms with Gasteiger partial charge in [0.15, 0.2) is 0 Å². The predicted octanol–water partition coefficient (Wildman–Crippen LogP) is 15.5. The van der Waals surface area contributed by atoms with E-state index in [0.717, 1.165) is 0 Å². The zero-order valence-corrected chi connectivity index (χ0v) is 31.4. The SMILES string of the molecule is Cc1cccc(C)c1-c1ccc2c3c(-c4ccccc4)c4c(cc5c6ccc(C(C)(C)C)cc6c6cccc4c65)c(-c4ccccc4)c3c3cccc1c32. The van der Waals surface area contributed by atoms with Crippen molar-refractivity contribution < 1.29 is 0 Å². The van der Waals surface area contributed by atoms with E-state index >= 15 is 0 Å². The summed E-state index contributed by atoms with van der Waals surface area (Å²) in [6, 6.07) is 57.6. The second-order valence-electron chi connectivity index (χ2n) is 16.5. The lowest BCUT2D eigenvalue weighted by atomic mass is 9.84. The van der Waals surface area contributed by atoms with Crippen LogP contribution in [0.15, 0.2) is 152 Å². The Morgan fingerprint density at radius 2 is 0.852 bits per heavy atom. The van der Waals surface area contributed by atoms with Crippen molar-refractivity contribution in [3.8, 4) is 33.4 Å². The van der Waals surface area contributed by atoms with E-state index < -0.39 is 0 Å². The van der Waals surface area contributed by atoms with E-state index in [1.165, 1.54) is 125 Å². The number of aryl methyl sites for hydroxylation is 2. The lowest BCUT2D eigenvalue weighted by Gasteiger charge is -2.19. The molecule has 0 atom stereocenters. The normalized spacial score (nSPS) is 12.5. The summed E-state index contributed by atoms with van der Waals surface area (Å²) >= 11 is 0. The highest BCUT2D eigenvalue weighted by Gasteiger charge is 2.27. The Balaban J connectivity index is 1.43. The van der Waals surface area contributed by atoms with Crippen molar-refractivity contribution in [1.82, 2.24) is 0 Å². The molecule has 0 saturated heterocycles. The third kappa shape index (κ3) is 4.20.